The van der Waals surface area contributed by atoms with Gasteiger partial charge in [-0.3, -0.25) is 5.10 Å². The SMILES string of the molecule is COc1ccccc1-c1cccc(NC(=O)N2CCC(c3ccn[nH]3)CC2)c1. The summed E-state index contributed by atoms with van der Waals surface area (Å²) in [7, 11) is 1.66. The first-order valence-corrected chi connectivity index (χ1v) is 9.53. The van der Waals surface area contributed by atoms with Crippen molar-refractivity contribution >= 4 is 11.7 Å². The number of aromatic amines is 1. The number of anilines is 1. The predicted octanol–water partition coefficient (Wildman–Crippen LogP) is 4.50. The number of hydrogen-bond acceptors (Lipinski definition) is 3. The number of piperidine rings is 1. The quantitative estimate of drug-likeness (QED) is 0.704. The van der Waals surface area contributed by atoms with Gasteiger partial charge in [-0.25, -0.2) is 4.79 Å². The molecule has 1 aromatic heterocycles. The summed E-state index contributed by atoms with van der Waals surface area (Å²) in [6.45, 7) is 1.48. The Labute approximate surface area is 164 Å². The Kier molecular flexibility index (Phi) is 5.28. The van der Waals surface area contributed by atoms with Crippen molar-refractivity contribution in [2.75, 3.05) is 25.5 Å². The summed E-state index contributed by atoms with van der Waals surface area (Å²) in [6.07, 6.45) is 3.66. The van der Waals surface area contributed by atoms with Crippen molar-refractivity contribution in [2.24, 2.45) is 0 Å². The fourth-order valence-electron chi connectivity index (χ4n) is 3.74. The highest BCUT2D eigenvalue weighted by Gasteiger charge is 2.24. The molecule has 1 fully saturated rings. The second kappa shape index (κ2) is 8.17. The van der Waals surface area contributed by atoms with Crippen molar-refractivity contribution in [3.05, 3.63) is 66.5 Å². The molecule has 144 valence electrons. The number of para-hydroxylation sites is 1. The van der Waals surface area contributed by atoms with E-state index in [9.17, 15) is 4.79 Å². The third kappa shape index (κ3) is 3.86. The number of carbonyl (C=O) groups is 1. The molecule has 0 spiro atoms. The Balaban J connectivity index is 1.41. The molecule has 28 heavy (non-hydrogen) atoms. The Morgan fingerprint density at radius 2 is 1.96 bits per heavy atom. The summed E-state index contributed by atoms with van der Waals surface area (Å²) in [4.78, 5) is 14.6. The van der Waals surface area contributed by atoms with E-state index in [1.807, 2.05) is 59.5 Å². The van der Waals surface area contributed by atoms with Gasteiger partial charge >= 0.3 is 6.03 Å². The zero-order valence-electron chi connectivity index (χ0n) is 15.9. The molecule has 1 aliphatic rings. The molecule has 0 bridgehead atoms. The molecule has 2 amide bonds. The molecular weight excluding hydrogens is 352 g/mol. The minimum Gasteiger partial charge on any atom is -0.496 e. The Morgan fingerprint density at radius 1 is 1.14 bits per heavy atom. The molecule has 3 aromatic rings. The van der Waals surface area contributed by atoms with Crippen molar-refractivity contribution in [1.82, 2.24) is 15.1 Å². The standard InChI is InChI=1S/C22H24N4O2/c1-28-21-8-3-2-7-19(21)17-5-4-6-18(15-17)24-22(27)26-13-10-16(11-14-26)20-9-12-23-25-20/h2-9,12,15-16H,10-11,13-14H2,1H3,(H,23,25)(H,24,27). The second-order valence-electron chi connectivity index (χ2n) is 6.98. The maximum absolute atomic E-state index is 12.7. The number of amides is 2. The molecule has 2 N–H and O–H groups in total. The molecule has 0 unspecified atom stereocenters. The third-order valence-corrected chi connectivity index (χ3v) is 5.28. The fraction of sp³-hybridized carbons (Fsp3) is 0.273. The molecule has 0 aliphatic carbocycles. The van der Waals surface area contributed by atoms with Gasteiger partial charge in [0, 0.05) is 42.1 Å². The topological polar surface area (TPSA) is 70.2 Å². The minimum absolute atomic E-state index is 0.0553. The van der Waals surface area contributed by atoms with Gasteiger partial charge in [-0.1, -0.05) is 30.3 Å². The van der Waals surface area contributed by atoms with E-state index in [0.29, 0.717) is 5.92 Å². The number of benzene rings is 2. The van der Waals surface area contributed by atoms with E-state index in [4.69, 9.17) is 4.74 Å². The summed E-state index contributed by atoms with van der Waals surface area (Å²) in [6, 6.07) is 17.7. The fourth-order valence-corrected chi connectivity index (χ4v) is 3.74. The molecule has 6 heteroatoms. The number of urea groups is 1. The number of likely N-dealkylation sites (tertiary alicyclic amines) is 1. The number of hydrogen-bond donors (Lipinski definition) is 2. The lowest BCUT2D eigenvalue weighted by Crippen LogP contribution is -2.40. The molecule has 2 heterocycles. The second-order valence-corrected chi connectivity index (χ2v) is 6.98. The number of rotatable bonds is 4. The number of aromatic nitrogens is 2. The van der Waals surface area contributed by atoms with Crippen molar-refractivity contribution in [3.63, 3.8) is 0 Å². The first kappa shape index (κ1) is 18.1. The number of carbonyl (C=O) groups excluding carboxylic acids is 1. The summed E-state index contributed by atoms with van der Waals surface area (Å²) in [5, 5.41) is 10.1. The van der Waals surface area contributed by atoms with Crippen LogP contribution < -0.4 is 10.1 Å². The molecule has 6 nitrogen and oxygen atoms in total. The van der Waals surface area contributed by atoms with Gasteiger partial charge in [-0.2, -0.15) is 5.10 Å². The maximum atomic E-state index is 12.7. The van der Waals surface area contributed by atoms with E-state index < -0.39 is 0 Å². The molecule has 0 saturated carbocycles. The Bertz CT molecular complexity index is 931. The van der Waals surface area contributed by atoms with E-state index in [2.05, 4.69) is 15.5 Å². The number of nitrogens with zero attached hydrogens (tertiary/aromatic N) is 2. The van der Waals surface area contributed by atoms with E-state index >= 15 is 0 Å². The van der Waals surface area contributed by atoms with Crippen LogP contribution >= 0.6 is 0 Å². The van der Waals surface area contributed by atoms with E-state index in [-0.39, 0.29) is 6.03 Å². The van der Waals surface area contributed by atoms with Crippen LogP contribution in [0.25, 0.3) is 11.1 Å². The van der Waals surface area contributed by atoms with Gasteiger partial charge in [0.25, 0.3) is 0 Å². The lowest BCUT2D eigenvalue weighted by atomic mass is 9.94. The van der Waals surface area contributed by atoms with Gasteiger partial charge in [-0.15, -0.1) is 0 Å². The highest BCUT2D eigenvalue weighted by Crippen LogP contribution is 2.31. The van der Waals surface area contributed by atoms with Gasteiger partial charge in [-0.05, 0) is 42.7 Å². The number of ether oxygens (including phenoxy) is 1. The molecule has 1 saturated heterocycles. The summed E-state index contributed by atoms with van der Waals surface area (Å²) >= 11 is 0. The van der Waals surface area contributed by atoms with Crippen LogP contribution in [-0.4, -0.2) is 41.3 Å². The highest BCUT2D eigenvalue weighted by atomic mass is 16.5. The van der Waals surface area contributed by atoms with Crippen molar-refractivity contribution in [2.45, 2.75) is 18.8 Å². The molecule has 0 atom stereocenters. The van der Waals surface area contributed by atoms with E-state index in [1.54, 1.807) is 13.3 Å². The van der Waals surface area contributed by atoms with Crippen LogP contribution in [0.1, 0.15) is 24.5 Å². The van der Waals surface area contributed by atoms with E-state index in [0.717, 1.165) is 54.2 Å². The predicted molar refractivity (Wildman–Crippen MR) is 110 cm³/mol. The number of nitrogens with one attached hydrogen (secondary N) is 2. The zero-order chi connectivity index (χ0) is 19.3. The lowest BCUT2D eigenvalue weighted by molar-refractivity contribution is 0.194. The summed E-state index contributed by atoms with van der Waals surface area (Å²) in [5.74, 6) is 1.26. The maximum Gasteiger partial charge on any atom is 0.321 e. The number of H-pyrrole nitrogens is 1. The minimum atomic E-state index is -0.0553. The molecule has 1 aliphatic heterocycles. The third-order valence-electron chi connectivity index (χ3n) is 5.28. The summed E-state index contributed by atoms with van der Waals surface area (Å²) < 4.78 is 5.45. The van der Waals surface area contributed by atoms with Crippen LogP contribution in [0.3, 0.4) is 0 Å². The number of methoxy groups -OCH3 is 1. The van der Waals surface area contributed by atoms with E-state index in [1.165, 1.54) is 0 Å². The largest absolute Gasteiger partial charge is 0.496 e. The first-order chi connectivity index (χ1) is 13.7. The molecule has 2 aromatic carbocycles. The van der Waals surface area contributed by atoms with Crippen molar-refractivity contribution in [1.29, 1.82) is 0 Å². The van der Waals surface area contributed by atoms with Crippen LogP contribution in [0.4, 0.5) is 10.5 Å². The lowest BCUT2D eigenvalue weighted by Gasteiger charge is -2.31. The van der Waals surface area contributed by atoms with Gasteiger partial charge in [0.2, 0.25) is 0 Å². The van der Waals surface area contributed by atoms with Gasteiger partial charge in [0.05, 0.1) is 7.11 Å². The van der Waals surface area contributed by atoms with Crippen molar-refractivity contribution < 1.29 is 9.53 Å². The van der Waals surface area contributed by atoms with Gasteiger partial charge in [0.15, 0.2) is 0 Å². The van der Waals surface area contributed by atoms with Crippen LogP contribution in [0.2, 0.25) is 0 Å². The average molecular weight is 376 g/mol. The average Bonchev–Trinajstić information content (AvgIpc) is 3.29. The van der Waals surface area contributed by atoms with Gasteiger partial charge in [0.1, 0.15) is 5.75 Å². The molecular formula is C22H24N4O2. The zero-order valence-corrected chi connectivity index (χ0v) is 15.9. The monoisotopic (exact) mass is 376 g/mol. The highest BCUT2D eigenvalue weighted by molar-refractivity contribution is 5.90. The first-order valence-electron chi connectivity index (χ1n) is 9.53. The Hall–Kier alpha value is -3.28. The van der Waals surface area contributed by atoms with Crippen molar-refractivity contribution in [3.8, 4) is 16.9 Å². The van der Waals surface area contributed by atoms with Gasteiger partial charge < -0.3 is 15.0 Å². The van der Waals surface area contributed by atoms with Crippen LogP contribution in [0.15, 0.2) is 60.8 Å². The molecule has 0 radical (unpaired) electrons. The summed E-state index contributed by atoms with van der Waals surface area (Å²) in [5.41, 5.74) is 3.95. The Morgan fingerprint density at radius 3 is 2.71 bits per heavy atom. The normalized spacial score (nSPS) is 14.7. The van der Waals surface area contributed by atoms with Crippen LogP contribution in [-0.2, 0) is 0 Å². The molecule has 4 rings (SSSR count). The van der Waals surface area contributed by atoms with Crippen LogP contribution in [0, 0.1) is 0 Å². The van der Waals surface area contributed by atoms with Crippen LogP contribution in [0.5, 0.6) is 5.75 Å². The smallest absolute Gasteiger partial charge is 0.321 e.